The van der Waals surface area contributed by atoms with E-state index in [0.717, 1.165) is 5.56 Å². The first-order valence-corrected chi connectivity index (χ1v) is 5.05. The zero-order valence-electron chi connectivity index (χ0n) is 7.60. The monoisotopic (exact) mass is 239 g/mol. The lowest BCUT2D eigenvalue weighted by atomic mass is 10.1. The average Bonchev–Trinajstić information content (AvgIpc) is 2.20. The van der Waals surface area contributed by atoms with Gasteiger partial charge < -0.3 is 0 Å². The van der Waals surface area contributed by atoms with Gasteiger partial charge in [-0.1, -0.05) is 29.3 Å². The number of benzene rings is 2. The van der Waals surface area contributed by atoms with E-state index >= 15 is 0 Å². The van der Waals surface area contributed by atoms with Crippen LogP contribution in [0.3, 0.4) is 0 Å². The van der Waals surface area contributed by atoms with Gasteiger partial charge in [-0.05, 0) is 36.4 Å². The average molecular weight is 240 g/mol. The number of hydrogen-bond acceptors (Lipinski definition) is 0. The van der Waals surface area contributed by atoms with Gasteiger partial charge in [0.1, 0.15) is 5.82 Å². The highest BCUT2D eigenvalue weighted by Gasteiger charge is 2.07. The van der Waals surface area contributed by atoms with E-state index in [1.54, 1.807) is 24.3 Å². The van der Waals surface area contributed by atoms with Crippen molar-refractivity contribution < 1.29 is 4.39 Å². The molecule has 0 heterocycles. The lowest BCUT2D eigenvalue weighted by Crippen LogP contribution is -1.82. The number of hydrogen-bond donors (Lipinski definition) is 0. The lowest BCUT2D eigenvalue weighted by molar-refractivity contribution is 0.628. The fourth-order valence-electron chi connectivity index (χ4n) is 1.33. The molecule has 0 spiro atoms. The predicted molar refractivity (Wildman–Crippen MR) is 60.7 cm³/mol. The van der Waals surface area contributed by atoms with Crippen molar-refractivity contribution in [2.45, 2.75) is 0 Å². The van der Waals surface area contributed by atoms with Crippen LogP contribution in [0.4, 0.5) is 4.39 Å². The first-order valence-electron chi connectivity index (χ1n) is 4.29. The normalized spacial score (nSPS) is 10.3. The first kappa shape index (κ1) is 10.5. The Hall–Kier alpha value is -1.05. The van der Waals surface area contributed by atoms with Crippen LogP contribution in [0.2, 0.25) is 10.0 Å². The molecule has 0 fully saturated rings. The summed E-state index contributed by atoms with van der Waals surface area (Å²) in [5.74, 6) is -0.361. The Morgan fingerprint density at radius 3 is 2.47 bits per heavy atom. The molecule has 0 saturated heterocycles. The topological polar surface area (TPSA) is 0 Å². The SMILES string of the molecule is Fc1ccc(-c2c[c]ccc2Cl)c(Cl)c1. The summed E-state index contributed by atoms with van der Waals surface area (Å²) in [6.07, 6.45) is 0. The summed E-state index contributed by atoms with van der Waals surface area (Å²) in [4.78, 5) is 0. The van der Waals surface area contributed by atoms with Crippen LogP contribution in [0.15, 0.2) is 36.4 Å². The van der Waals surface area contributed by atoms with Crippen LogP contribution in [0.1, 0.15) is 0 Å². The maximum atomic E-state index is 12.8. The summed E-state index contributed by atoms with van der Waals surface area (Å²) in [5.41, 5.74) is 1.46. The first-order chi connectivity index (χ1) is 7.18. The summed E-state index contributed by atoms with van der Waals surface area (Å²) >= 11 is 11.9. The van der Waals surface area contributed by atoms with Crippen LogP contribution >= 0.6 is 23.2 Å². The quantitative estimate of drug-likeness (QED) is 0.683. The molecule has 0 bridgehead atoms. The molecule has 0 unspecified atom stereocenters. The van der Waals surface area contributed by atoms with E-state index in [-0.39, 0.29) is 5.82 Å². The Kier molecular flexibility index (Phi) is 2.94. The van der Waals surface area contributed by atoms with Crippen LogP contribution < -0.4 is 0 Å². The molecular weight excluding hydrogens is 234 g/mol. The van der Waals surface area contributed by atoms with E-state index in [1.807, 2.05) is 0 Å². The molecular formula is C12H6Cl2F. The van der Waals surface area contributed by atoms with Gasteiger partial charge in [-0.2, -0.15) is 0 Å². The van der Waals surface area contributed by atoms with Crippen molar-refractivity contribution in [3.05, 3.63) is 58.3 Å². The van der Waals surface area contributed by atoms with Gasteiger partial charge in [-0.25, -0.2) is 4.39 Å². The smallest absolute Gasteiger partial charge is 0.124 e. The fraction of sp³-hybridized carbons (Fsp3) is 0. The lowest BCUT2D eigenvalue weighted by Gasteiger charge is -2.06. The molecule has 0 aliphatic heterocycles. The maximum absolute atomic E-state index is 12.8. The Bertz CT molecular complexity index is 495. The van der Waals surface area contributed by atoms with Crippen molar-refractivity contribution in [1.82, 2.24) is 0 Å². The summed E-state index contributed by atoms with van der Waals surface area (Å²) in [6.45, 7) is 0. The van der Waals surface area contributed by atoms with E-state index in [4.69, 9.17) is 23.2 Å². The van der Waals surface area contributed by atoms with Crippen molar-refractivity contribution in [3.63, 3.8) is 0 Å². The molecule has 1 radical (unpaired) electrons. The van der Waals surface area contributed by atoms with E-state index in [2.05, 4.69) is 6.07 Å². The minimum Gasteiger partial charge on any atom is -0.207 e. The minimum atomic E-state index is -0.361. The molecule has 0 nitrogen and oxygen atoms in total. The summed E-state index contributed by atoms with van der Waals surface area (Å²) in [5, 5.41) is 0.916. The highest BCUT2D eigenvalue weighted by Crippen LogP contribution is 2.33. The van der Waals surface area contributed by atoms with E-state index in [9.17, 15) is 4.39 Å². The Morgan fingerprint density at radius 2 is 1.80 bits per heavy atom. The highest BCUT2D eigenvalue weighted by atomic mass is 35.5. The van der Waals surface area contributed by atoms with Gasteiger partial charge in [0.25, 0.3) is 0 Å². The minimum absolute atomic E-state index is 0.344. The second kappa shape index (κ2) is 4.21. The molecule has 0 N–H and O–H groups in total. The van der Waals surface area contributed by atoms with Gasteiger partial charge in [0, 0.05) is 16.1 Å². The molecule has 2 aromatic rings. The largest absolute Gasteiger partial charge is 0.207 e. The van der Waals surface area contributed by atoms with Crippen LogP contribution in [-0.2, 0) is 0 Å². The Balaban J connectivity index is 2.60. The molecule has 0 aromatic heterocycles. The van der Waals surface area contributed by atoms with E-state index in [0.29, 0.717) is 15.6 Å². The zero-order valence-corrected chi connectivity index (χ0v) is 9.11. The highest BCUT2D eigenvalue weighted by molar-refractivity contribution is 6.36. The summed E-state index contributed by atoms with van der Waals surface area (Å²) in [7, 11) is 0. The van der Waals surface area contributed by atoms with Gasteiger partial charge in [0.2, 0.25) is 0 Å². The van der Waals surface area contributed by atoms with Gasteiger partial charge in [0.05, 0.1) is 5.02 Å². The fourth-order valence-corrected chi connectivity index (χ4v) is 1.81. The van der Waals surface area contributed by atoms with Gasteiger partial charge >= 0.3 is 0 Å². The van der Waals surface area contributed by atoms with Crippen molar-refractivity contribution >= 4 is 23.2 Å². The van der Waals surface area contributed by atoms with Crippen LogP contribution in [0.25, 0.3) is 11.1 Å². The van der Waals surface area contributed by atoms with E-state index in [1.165, 1.54) is 12.1 Å². The van der Waals surface area contributed by atoms with Crippen LogP contribution in [0.5, 0.6) is 0 Å². The molecule has 0 atom stereocenters. The third-order valence-corrected chi connectivity index (χ3v) is 2.67. The zero-order chi connectivity index (χ0) is 10.8. The summed E-state index contributed by atoms with van der Waals surface area (Å²) in [6, 6.07) is 12.3. The third-order valence-electron chi connectivity index (χ3n) is 2.03. The number of halogens is 3. The van der Waals surface area contributed by atoms with Crippen LogP contribution in [0, 0.1) is 11.9 Å². The molecule has 3 heteroatoms. The van der Waals surface area contributed by atoms with Crippen LogP contribution in [-0.4, -0.2) is 0 Å². The molecule has 0 aliphatic carbocycles. The molecule has 2 rings (SSSR count). The van der Waals surface area contributed by atoms with Crippen molar-refractivity contribution in [1.29, 1.82) is 0 Å². The Labute approximate surface area is 97.3 Å². The van der Waals surface area contributed by atoms with E-state index < -0.39 is 0 Å². The number of rotatable bonds is 1. The molecule has 15 heavy (non-hydrogen) atoms. The van der Waals surface area contributed by atoms with Gasteiger partial charge in [-0.15, -0.1) is 0 Å². The molecule has 0 aliphatic rings. The molecule has 75 valence electrons. The predicted octanol–water partition coefficient (Wildman–Crippen LogP) is 4.60. The second-order valence-electron chi connectivity index (χ2n) is 3.03. The van der Waals surface area contributed by atoms with Gasteiger partial charge in [0.15, 0.2) is 0 Å². The third kappa shape index (κ3) is 2.14. The molecule has 0 amide bonds. The van der Waals surface area contributed by atoms with Crippen molar-refractivity contribution in [3.8, 4) is 11.1 Å². The molecule has 0 saturated carbocycles. The van der Waals surface area contributed by atoms with Gasteiger partial charge in [-0.3, -0.25) is 0 Å². The molecule has 2 aromatic carbocycles. The standard InChI is InChI=1S/C12H6Cl2F/c13-11-4-2-1-3-9(11)10-6-5-8(15)7-12(10)14/h2-7H. The van der Waals surface area contributed by atoms with Crippen molar-refractivity contribution in [2.24, 2.45) is 0 Å². The second-order valence-corrected chi connectivity index (χ2v) is 3.84. The summed E-state index contributed by atoms with van der Waals surface area (Å²) < 4.78 is 12.8. The maximum Gasteiger partial charge on any atom is 0.124 e. The Morgan fingerprint density at radius 1 is 1.00 bits per heavy atom. The van der Waals surface area contributed by atoms with Crippen molar-refractivity contribution in [2.75, 3.05) is 0 Å².